The lowest BCUT2D eigenvalue weighted by molar-refractivity contribution is -0.0570. The lowest BCUT2D eigenvalue weighted by Gasteiger charge is -2.55. The molecular formula is C33H54. The van der Waals surface area contributed by atoms with Gasteiger partial charge in [-0.15, -0.1) is 0 Å². The van der Waals surface area contributed by atoms with Gasteiger partial charge in [-0.1, -0.05) is 57.8 Å². The summed E-state index contributed by atoms with van der Waals surface area (Å²) in [4.78, 5) is 0. The molecule has 186 valence electrons. The highest BCUT2D eigenvalue weighted by Crippen LogP contribution is 2.61. The van der Waals surface area contributed by atoms with Gasteiger partial charge in [0.1, 0.15) is 0 Å². The molecule has 0 bridgehead atoms. The predicted molar refractivity (Wildman–Crippen MR) is 139 cm³/mol. The third-order valence-corrected chi connectivity index (χ3v) is 13.9. The van der Waals surface area contributed by atoms with Crippen LogP contribution in [0.25, 0.3) is 0 Å². The monoisotopic (exact) mass is 450 g/mol. The normalized spacial score (nSPS) is 54.5. The Balaban J connectivity index is 1.10. The Morgan fingerprint density at radius 2 is 0.455 bits per heavy atom. The predicted octanol–water partition coefficient (Wildman–Crippen LogP) is 9.67. The standard InChI is InChI=1S/C33H54/c1-3-10-24-22(8-1)18-20-32-26(24)12-5-16-30(32)28-14-7-15-29(28)31-17-6-13-27-25-11-4-2-9-23(25)19-21-33(27)31/h22-33H,1-21H2. The van der Waals surface area contributed by atoms with Gasteiger partial charge in [-0.25, -0.2) is 0 Å². The van der Waals surface area contributed by atoms with Crippen molar-refractivity contribution < 1.29 is 0 Å². The Bertz CT molecular complexity index is 609. The summed E-state index contributed by atoms with van der Waals surface area (Å²) < 4.78 is 0. The molecule has 12 atom stereocenters. The molecule has 0 spiro atoms. The van der Waals surface area contributed by atoms with Crippen molar-refractivity contribution in [2.75, 3.05) is 0 Å². The van der Waals surface area contributed by atoms with Gasteiger partial charge in [0.2, 0.25) is 0 Å². The van der Waals surface area contributed by atoms with Crippen molar-refractivity contribution in [3.05, 3.63) is 0 Å². The second-order valence-corrected chi connectivity index (χ2v) is 14.7. The third-order valence-electron chi connectivity index (χ3n) is 13.9. The second-order valence-electron chi connectivity index (χ2n) is 14.7. The van der Waals surface area contributed by atoms with Crippen LogP contribution in [0.15, 0.2) is 0 Å². The van der Waals surface area contributed by atoms with Gasteiger partial charge in [0, 0.05) is 0 Å². The number of hydrogen-bond acceptors (Lipinski definition) is 0. The molecule has 12 unspecified atom stereocenters. The highest BCUT2D eigenvalue weighted by atomic mass is 14.6. The Labute approximate surface area is 205 Å². The molecule has 0 aliphatic heterocycles. The van der Waals surface area contributed by atoms with E-state index in [0.717, 1.165) is 71.0 Å². The van der Waals surface area contributed by atoms with Crippen molar-refractivity contribution in [1.82, 2.24) is 0 Å². The van der Waals surface area contributed by atoms with E-state index in [9.17, 15) is 0 Å². The summed E-state index contributed by atoms with van der Waals surface area (Å²) in [6.45, 7) is 0. The zero-order valence-electron chi connectivity index (χ0n) is 21.8. The molecule has 0 heterocycles. The fourth-order valence-corrected chi connectivity index (χ4v) is 12.9. The molecule has 0 heteroatoms. The lowest BCUT2D eigenvalue weighted by atomic mass is 9.50. The van der Waals surface area contributed by atoms with Crippen molar-refractivity contribution in [2.45, 2.75) is 135 Å². The Morgan fingerprint density at radius 1 is 0.182 bits per heavy atom. The van der Waals surface area contributed by atoms with Gasteiger partial charge in [-0.05, 0) is 148 Å². The third kappa shape index (κ3) is 3.89. The molecule has 33 heavy (non-hydrogen) atoms. The van der Waals surface area contributed by atoms with E-state index in [0.29, 0.717) is 0 Å². The zero-order chi connectivity index (χ0) is 21.8. The maximum atomic E-state index is 1.64. The quantitative estimate of drug-likeness (QED) is 0.393. The summed E-state index contributed by atoms with van der Waals surface area (Å²) in [5, 5.41) is 0. The van der Waals surface area contributed by atoms with Crippen LogP contribution in [0.5, 0.6) is 0 Å². The van der Waals surface area contributed by atoms with Gasteiger partial charge in [0.15, 0.2) is 0 Å². The van der Waals surface area contributed by atoms with Gasteiger partial charge in [0.25, 0.3) is 0 Å². The van der Waals surface area contributed by atoms with Crippen LogP contribution in [-0.4, -0.2) is 0 Å². The maximum Gasteiger partial charge on any atom is -0.0352 e. The highest BCUT2D eigenvalue weighted by molar-refractivity contribution is 5.02. The summed E-state index contributed by atoms with van der Waals surface area (Å²) >= 11 is 0. The molecule has 7 fully saturated rings. The molecule has 7 aliphatic carbocycles. The fourth-order valence-electron chi connectivity index (χ4n) is 12.9. The van der Waals surface area contributed by atoms with Crippen LogP contribution in [0.3, 0.4) is 0 Å². The fraction of sp³-hybridized carbons (Fsp3) is 1.00. The van der Waals surface area contributed by atoms with Crippen LogP contribution in [0, 0.1) is 71.0 Å². The van der Waals surface area contributed by atoms with E-state index in [-0.39, 0.29) is 0 Å². The first-order valence-electron chi connectivity index (χ1n) is 16.4. The van der Waals surface area contributed by atoms with E-state index in [1.54, 1.807) is 135 Å². The summed E-state index contributed by atoms with van der Waals surface area (Å²) in [5.41, 5.74) is 0. The van der Waals surface area contributed by atoms with Gasteiger partial charge in [0.05, 0.1) is 0 Å². The van der Waals surface area contributed by atoms with E-state index >= 15 is 0 Å². The highest BCUT2D eigenvalue weighted by Gasteiger charge is 2.52. The Morgan fingerprint density at radius 3 is 0.848 bits per heavy atom. The molecule has 0 radical (unpaired) electrons. The topological polar surface area (TPSA) is 0 Å². The van der Waals surface area contributed by atoms with Gasteiger partial charge in [-0.2, -0.15) is 0 Å². The van der Waals surface area contributed by atoms with E-state index < -0.39 is 0 Å². The first-order chi connectivity index (χ1) is 16.4. The number of hydrogen-bond donors (Lipinski definition) is 0. The molecule has 0 N–H and O–H groups in total. The minimum atomic E-state index is 1.14. The zero-order valence-corrected chi connectivity index (χ0v) is 21.8. The van der Waals surface area contributed by atoms with Crippen molar-refractivity contribution in [3.63, 3.8) is 0 Å². The van der Waals surface area contributed by atoms with E-state index in [1.165, 1.54) is 0 Å². The molecule has 0 aromatic heterocycles. The average molecular weight is 451 g/mol. The van der Waals surface area contributed by atoms with Crippen LogP contribution in [0.4, 0.5) is 0 Å². The molecule has 0 aromatic rings. The first kappa shape index (κ1) is 22.2. The van der Waals surface area contributed by atoms with Crippen molar-refractivity contribution in [1.29, 1.82) is 0 Å². The van der Waals surface area contributed by atoms with Gasteiger partial charge >= 0.3 is 0 Å². The lowest BCUT2D eigenvalue weighted by Crippen LogP contribution is -2.47. The van der Waals surface area contributed by atoms with Gasteiger partial charge < -0.3 is 0 Å². The number of rotatable bonds is 2. The first-order valence-corrected chi connectivity index (χ1v) is 16.4. The smallest absolute Gasteiger partial charge is 0.0352 e. The Kier molecular flexibility index (Phi) is 6.37. The molecule has 7 aliphatic rings. The minimum Gasteiger partial charge on any atom is -0.0530 e. The summed E-state index contributed by atoms with van der Waals surface area (Å²) in [5.74, 6) is 13.8. The second kappa shape index (κ2) is 9.47. The van der Waals surface area contributed by atoms with Crippen molar-refractivity contribution in [3.8, 4) is 0 Å². The van der Waals surface area contributed by atoms with Crippen LogP contribution in [0.2, 0.25) is 0 Å². The SMILES string of the molecule is C1CCC2C(C1)CCC1C2CCCC1C1CCCC1C1CCCC2C3CCCCC3CCC21. The molecule has 0 nitrogen and oxygen atoms in total. The van der Waals surface area contributed by atoms with Crippen molar-refractivity contribution in [2.24, 2.45) is 71.0 Å². The molecule has 7 saturated carbocycles. The summed E-state index contributed by atoms with van der Waals surface area (Å²) in [6.07, 6.45) is 33.7. The molecule has 7 rings (SSSR count). The molecule has 0 amide bonds. The van der Waals surface area contributed by atoms with E-state index in [1.807, 2.05) is 0 Å². The molecule has 0 saturated heterocycles. The van der Waals surface area contributed by atoms with Crippen molar-refractivity contribution >= 4 is 0 Å². The Hall–Kier alpha value is 0. The van der Waals surface area contributed by atoms with Crippen LogP contribution >= 0.6 is 0 Å². The van der Waals surface area contributed by atoms with E-state index in [4.69, 9.17) is 0 Å². The van der Waals surface area contributed by atoms with Crippen LogP contribution < -0.4 is 0 Å². The summed E-state index contributed by atoms with van der Waals surface area (Å²) in [7, 11) is 0. The molecule has 0 aromatic carbocycles. The van der Waals surface area contributed by atoms with Crippen LogP contribution in [-0.2, 0) is 0 Å². The number of fused-ring (bicyclic) bond motifs is 6. The average Bonchev–Trinajstić information content (AvgIpc) is 3.37. The van der Waals surface area contributed by atoms with E-state index in [2.05, 4.69) is 0 Å². The van der Waals surface area contributed by atoms with Crippen LogP contribution in [0.1, 0.15) is 135 Å². The molecular weight excluding hydrogens is 396 g/mol. The van der Waals surface area contributed by atoms with Gasteiger partial charge in [-0.3, -0.25) is 0 Å². The maximum absolute atomic E-state index is 1.64. The minimum absolute atomic E-state index is 1.14. The largest absolute Gasteiger partial charge is 0.0530 e. The summed E-state index contributed by atoms with van der Waals surface area (Å²) in [6, 6.07) is 0.